The van der Waals surface area contributed by atoms with Gasteiger partial charge >= 0.3 is 0 Å². The molecule has 1 N–H and O–H groups in total. The third kappa shape index (κ3) is 2.88. The monoisotopic (exact) mass is 232 g/mol. The van der Waals surface area contributed by atoms with Crippen LogP contribution in [0.25, 0.3) is 11.4 Å². The number of nitrogens with one attached hydrogen (secondary N) is 1. The lowest BCUT2D eigenvalue weighted by Crippen LogP contribution is -2.10. The van der Waals surface area contributed by atoms with E-state index >= 15 is 0 Å². The second kappa shape index (κ2) is 5.05. The van der Waals surface area contributed by atoms with Gasteiger partial charge in [-0.15, -0.1) is 0 Å². The van der Waals surface area contributed by atoms with E-state index in [0.717, 1.165) is 29.9 Å². The molecular weight excluding hydrogens is 216 g/mol. The summed E-state index contributed by atoms with van der Waals surface area (Å²) in [6.07, 6.45) is 0.743. The van der Waals surface area contributed by atoms with E-state index in [4.69, 9.17) is 4.52 Å². The van der Waals surface area contributed by atoms with Gasteiger partial charge in [-0.3, -0.25) is 4.98 Å². The summed E-state index contributed by atoms with van der Waals surface area (Å²) in [5, 5.41) is 7.03. The van der Waals surface area contributed by atoms with Crippen LogP contribution in [-0.2, 0) is 6.42 Å². The first kappa shape index (κ1) is 11.7. The highest BCUT2D eigenvalue weighted by atomic mass is 16.5. The van der Waals surface area contributed by atoms with E-state index in [1.165, 1.54) is 0 Å². The zero-order valence-corrected chi connectivity index (χ0v) is 10.3. The molecule has 2 aromatic rings. The summed E-state index contributed by atoms with van der Waals surface area (Å²) in [4.78, 5) is 8.67. The minimum Gasteiger partial charge on any atom is -0.339 e. The van der Waals surface area contributed by atoms with Crippen molar-refractivity contribution >= 4 is 0 Å². The summed E-state index contributed by atoms with van der Waals surface area (Å²) < 4.78 is 5.18. The van der Waals surface area contributed by atoms with Gasteiger partial charge in [0.15, 0.2) is 0 Å². The Hall–Kier alpha value is -1.75. The quantitative estimate of drug-likeness (QED) is 0.865. The Morgan fingerprint density at radius 2 is 1.88 bits per heavy atom. The van der Waals surface area contributed by atoms with Gasteiger partial charge in [-0.2, -0.15) is 4.98 Å². The second-order valence-corrected chi connectivity index (χ2v) is 4.00. The number of rotatable bonds is 4. The molecule has 2 heterocycles. The van der Waals surface area contributed by atoms with Gasteiger partial charge in [0, 0.05) is 29.9 Å². The van der Waals surface area contributed by atoms with Gasteiger partial charge in [0.25, 0.3) is 0 Å². The number of nitrogens with zero attached hydrogens (tertiary/aromatic N) is 3. The highest BCUT2D eigenvalue weighted by Crippen LogP contribution is 2.17. The van der Waals surface area contributed by atoms with Crippen molar-refractivity contribution in [2.45, 2.75) is 20.3 Å². The van der Waals surface area contributed by atoms with E-state index in [2.05, 4.69) is 20.4 Å². The Balaban J connectivity index is 2.24. The van der Waals surface area contributed by atoms with Gasteiger partial charge in [0.1, 0.15) is 0 Å². The molecule has 0 fully saturated rings. The Labute approximate surface area is 100 Å². The molecule has 0 radical (unpaired) electrons. The first-order valence-corrected chi connectivity index (χ1v) is 5.62. The number of likely N-dealkylation sites (N-methyl/N-ethyl adjacent to an activating group) is 1. The molecule has 0 aliphatic heterocycles. The summed E-state index contributed by atoms with van der Waals surface area (Å²) in [5.41, 5.74) is 2.87. The lowest BCUT2D eigenvalue weighted by Gasteiger charge is -1.98. The van der Waals surface area contributed by atoms with Gasteiger partial charge in [0.05, 0.1) is 0 Å². The molecule has 0 amide bonds. The second-order valence-electron chi connectivity index (χ2n) is 4.00. The van der Waals surface area contributed by atoms with Crippen LogP contribution in [0.1, 0.15) is 17.3 Å². The zero-order chi connectivity index (χ0) is 12.3. The third-order valence-corrected chi connectivity index (χ3v) is 2.40. The molecule has 17 heavy (non-hydrogen) atoms. The molecule has 0 spiro atoms. The molecule has 90 valence electrons. The minimum absolute atomic E-state index is 0.629. The predicted octanol–water partition coefficient (Wildman–Crippen LogP) is 1.51. The maximum atomic E-state index is 5.18. The van der Waals surface area contributed by atoms with Crippen molar-refractivity contribution in [3.63, 3.8) is 0 Å². The molecule has 2 aromatic heterocycles. The van der Waals surface area contributed by atoms with Crippen molar-refractivity contribution in [2.24, 2.45) is 0 Å². The lowest BCUT2D eigenvalue weighted by atomic mass is 10.2. The van der Waals surface area contributed by atoms with Crippen LogP contribution in [-0.4, -0.2) is 28.7 Å². The Kier molecular flexibility index (Phi) is 3.49. The fraction of sp³-hybridized carbons (Fsp3) is 0.417. The van der Waals surface area contributed by atoms with Crippen LogP contribution < -0.4 is 5.32 Å². The highest BCUT2D eigenvalue weighted by Gasteiger charge is 2.09. The van der Waals surface area contributed by atoms with Crippen LogP contribution in [0.15, 0.2) is 16.7 Å². The smallest absolute Gasteiger partial charge is 0.228 e. The molecular formula is C12H16N4O. The van der Waals surface area contributed by atoms with Crippen molar-refractivity contribution in [1.29, 1.82) is 0 Å². The fourth-order valence-corrected chi connectivity index (χ4v) is 1.67. The zero-order valence-electron chi connectivity index (χ0n) is 10.3. The fourth-order valence-electron chi connectivity index (χ4n) is 1.67. The molecule has 0 aliphatic carbocycles. The highest BCUT2D eigenvalue weighted by molar-refractivity contribution is 5.55. The molecule has 0 atom stereocenters. The van der Waals surface area contributed by atoms with Crippen LogP contribution in [0, 0.1) is 13.8 Å². The van der Waals surface area contributed by atoms with Crippen LogP contribution in [0.3, 0.4) is 0 Å². The first-order chi connectivity index (χ1) is 8.19. The largest absolute Gasteiger partial charge is 0.339 e. The molecule has 0 bridgehead atoms. The summed E-state index contributed by atoms with van der Waals surface area (Å²) in [6, 6.07) is 3.92. The van der Waals surface area contributed by atoms with E-state index in [1.807, 2.05) is 33.0 Å². The normalized spacial score (nSPS) is 10.8. The summed E-state index contributed by atoms with van der Waals surface area (Å²) in [7, 11) is 1.90. The van der Waals surface area contributed by atoms with Crippen molar-refractivity contribution in [1.82, 2.24) is 20.4 Å². The van der Waals surface area contributed by atoms with Gasteiger partial charge in [-0.25, -0.2) is 0 Å². The number of hydrogen-bond acceptors (Lipinski definition) is 5. The van der Waals surface area contributed by atoms with Gasteiger partial charge < -0.3 is 9.84 Å². The summed E-state index contributed by atoms with van der Waals surface area (Å²) in [5.74, 6) is 1.28. The topological polar surface area (TPSA) is 63.8 Å². The minimum atomic E-state index is 0.629. The van der Waals surface area contributed by atoms with Crippen LogP contribution in [0.4, 0.5) is 0 Å². The van der Waals surface area contributed by atoms with E-state index in [0.29, 0.717) is 11.7 Å². The van der Waals surface area contributed by atoms with E-state index in [9.17, 15) is 0 Å². The van der Waals surface area contributed by atoms with Crippen molar-refractivity contribution < 1.29 is 4.52 Å². The summed E-state index contributed by atoms with van der Waals surface area (Å²) in [6.45, 7) is 4.74. The maximum absolute atomic E-state index is 5.18. The van der Waals surface area contributed by atoms with E-state index < -0.39 is 0 Å². The molecule has 0 saturated carbocycles. The molecule has 5 heteroatoms. The van der Waals surface area contributed by atoms with Gasteiger partial charge in [0.2, 0.25) is 11.7 Å². The number of hydrogen-bond donors (Lipinski definition) is 1. The molecule has 0 aliphatic rings. The van der Waals surface area contributed by atoms with Crippen molar-refractivity contribution in [3.05, 3.63) is 29.4 Å². The number of aromatic nitrogens is 3. The Morgan fingerprint density at radius 1 is 1.18 bits per heavy atom. The molecule has 5 nitrogen and oxygen atoms in total. The van der Waals surface area contributed by atoms with Crippen LogP contribution in [0.2, 0.25) is 0 Å². The SMILES string of the molecule is CNCCc1nc(-c2cc(C)nc(C)c2)no1. The lowest BCUT2D eigenvalue weighted by molar-refractivity contribution is 0.377. The molecule has 0 saturated heterocycles. The summed E-state index contributed by atoms with van der Waals surface area (Å²) >= 11 is 0. The van der Waals surface area contributed by atoms with E-state index in [1.54, 1.807) is 0 Å². The average Bonchev–Trinajstić information content (AvgIpc) is 2.73. The first-order valence-electron chi connectivity index (χ1n) is 5.62. The Bertz CT molecular complexity index is 487. The molecule has 0 unspecified atom stereocenters. The molecule has 0 aromatic carbocycles. The third-order valence-electron chi connectivity index (χ3n) is 2.40. The van der Waals surface area contributed by atoms with Crippen molar-refractivity contribution in [2.75, 3.05) is 13.6 Å². The van der Waals surface area contributed by atoms with Gasteiger partial charge in [-0.1, -0.05) is 5.16 Å². The van der Waals surface area contributed by atoms with E-state index in [-0.39, 0.29) is 0 Å². The van der Waals surface area contributed by atoms with Crippen molar-refractivity contribution in [3.8, 4) is 11.4 Å². The standard InChI is InChI=1S/C12H16N4O/c1-8-6-10(7-9(2)14-8)12-15-11(17-16-12)4-5-13-3/h6-7,13H,4-5H2,1-3H3. The predicted molar refractivity (Wildman–Crippen MR) is 64.6 cm³/mol. The molecule has 2 rings (SSSR count). The Morgan fingerprint density at radius 3 is 2.53 bits per heavy atom. The number of aryl methyl sites for hydroxylation is 2. The maximum Gasteiger partial charge on any atom is 0.228 e. The van der Waals surface area contributed by atoms with Crippen LogP contribution >= 0.6 is 0 Å². The van der Waals surface area contributed by atoms with Gasteiger partial charge in [-0.05, 0) is 33.0 Å². The number of pyridine rings is 1. The van der Waals surface area contributed by atoms with Crippen LogP contribution in [0.5, 0.6) is 0 Å². The average molecular weight is 232 g/mol.